The topological polar surface area (TPSA) is 37.0 Å². The first kappa shape index (κ1) is 8.17. The number of pyridine rings is 1. The molecule has 0 radical (unpaired) electrons. The van der Waals surface area contributed by atoms with E-state index in [1.807, 2.05) is 25.1 Å². The second kappa shape index (κ2) is 4.82. The summed E-state index contributed by atoms with van der Waals surface area (Å²) in [4.78, 5) is 4.15. The third-order valence-corrected chi connectivity index (χ3v) is 1.30. The van der Waals surface area contributed by atoms with Crippen LogP contribution in [0.25, 0.3) is 0 Å². The lowest BCUT2D eigenvalue weighted by Gasteiger charge is -2.02. The van der Waals surface area contributed by atoms with Crippen LogP contribution >= 0.6 is 0 Å². The summed E-state index contributed by atoms with van der Waals surface area (Å²) in [6.45, 7) is 3.74. The number of hydrazine groups is 1. The Bertz CT molecular complexity index is 186. The van der Waals surface area contributed by atoms with Gasteiger partial charge in [0, 0.05) is 12.7 Å². The van der Waals surface area contributed by atoms with E-state index < -0.39 is 0 Å². The van der Waals surface area contributed by atoms with E-state index in [4.69, 9.17) is 0 Å². The van der Waals surface area contributed by atoms with Crippen molar-refractivity contribution >= 4 is 0 Å². The summed E-state index contributed by atoms with van der Waals surface area (Å²) in [7, 11) is 0. The third-order valence-electron chi connectivity index (χ3n) is 1.30. The van der Waals surface area contributed by atoms with Crippen LogP contribution < -0.4 is 10.9 Å². The van der Waals surface area contributed by atoms with Gasteiger partial charge in [-0.2, -0.15) is 0 Å². The molecule has 1 heterocycles. The van der Waals surface area contributed by atoms with E-state index >= 15 is 0 Å². The number of aromatic nitrogens is 1. The van der Waals surface area contributed by atoms with Gasteiger partial charge in [-0.25, -0.2) is 0 Å². The zero-order valence-electron chi connectivity index (χ0n) is 6.67. The Morgan fingerprint density at radius 1 is 1.36 bits per heavy atom. The average Bonchev–Trinajstić information content (AvgIpc) is 2.07. The second-order valence-corrected chi connectivity index (χ2v) is 2.20. The molecule has 3 heteroatoms. The largest absolute Gasteiger partial charge is 0.260 e. The second-order valence-electron chi connectivity index (χ2n) is 2.20. The van der Waals surface area contributed by atoms with E-state index in [0.717, 1.165) is 18.8 Å². The normalized spacial score (nSPS) is 9.91. The van der Waals surface area contributed by atoms with Crippen LogP contribution in [0.4, 0.5) is 0 Å². The van der Waals surface area contributed by atoms with Gasteiger partial charge in [-0.05, 0) is 12.1 Å². The molecule has 0 aliphatic heterocycles. The van der Waals surface area contributed by atoms with Crippen molar-refractivity contribution in [3.05, 3.63) is 30.1 Å². The molecular formula is C8H13N3. The predicted octanol–water partition coefficient (Wildman–Crippen LogP) is 0.696. The Kier molecular flexibility index (Phi) is 3.58. The van der Waals surface area contributed by atoms with Gasteiger partial charge in [-0.15, -0.1) is 0 Å². The van der Waals surface area contributed by atoms with Gasteiger partial charge in [-0.1, -0.05) is 13.0 Å². The maximum Gasteiger partial charge on any atom is 0.0555 e. The zero-order chi connectivity index (χ0) is 7.94. The van der Waals surface area contributed by atoms with E-state index in [0.29, 0.717) is 0 Å². The summed E-state index contributed by atoms with van der Waals surface area (Å²) < 4.78 is 0. The molecule has 2 N–H and O–H groups in total. The molecule has 0 fully saturated rings. The average molecular weight is 151 g/mol. The maximum atomic E-state index is 4.15. The SMILES string of the molecule is CCNNCc1ccccn1. The molecule has 3 nitrogen and oxygen atoms in total. The van der Waals surface area contributed by atoms with Crippen molar-refractivity contribution in [2.45, 2.75) is 13.5 Å². The molecule has 0 spiro atoms. The van der Waals surface area contributed by atoms with Crippen molar-refractivity contribution in [2.24, 2.45) is 0 Å². The van der Waals surface area contributed by atoms with Crippen molar-refractivity contribution in [1.82, 2.24) is 15.8 Å². The monoisotopic (exact) mass is 151 g/mol. The molecule has 0 aliphatic rings. The minimum Gasteiger partial charge on any atom is -0.260 e. The smallest absolute Gasteiger partial charge is 0.0555 e. The molecular weight excluding hydrogens is 138 g/mol. The van der Waals surface area contributed by atoms with E-state index in [1.54, 1.807) is 6.20 Å². The summed E-state index contributed by atoms with van der Waals surface area (Å²) in [5, 5.41) is 0. The summed E-state index contributed by atoms with van der Waals surface area (Å²) in [5.41, 5.74) is 7.10. The van der Waals surface area contributed by atoms with Crippen LogP contribution in [-0.2, 0) is 6.54 Å². The summed E-state index contributed by atoms with van der Waals surface area (Å²) >= 11 is 0. The molecule has 1 aromatic rings. The first-order valence-electron chi connectivity index (χ1n) is 3.79. The highest BCUT2D eigenvalue weighted by atomic mass is 15.3. The Morgan fingerprint density at radius 2 is 2.27 bits per heavy atom. The fourth-order valence-electron chi connectivity index (χ4n) is 0.781. The molecule has 0 bridgehead atoms. The van der Waals surface area contributed by atoms with Crippen LogP contribution in [0.5, 0.6) is 0 Å². The van der Waals surface area contributed by atoms with Crippen molar-refractivity contribution in [1.29, 1.82) is 0 Å². The quantitative estimate of drug-likeness (QED) is 0.491. The van der Waals surface area contributed by atoms with Gasteiger partial charge in [0.25, 0.3) is 0 Å². The van der Waals surface area contributed by atoms with Crippen molar-refractivity contribution in [3.8, 4) is 0 Å². The third kappa shape index (κ3) is 3.11. The van der Waals surface area contributed by atoms with Gasteiger partial charge in [0.05, 0.1) is 12.2 Å². The molecule has 0 aliphatic carbocycles. The molecule has 0 unspecified atom stereocenters. The van der Waals surface area contributed by atoms with Crippen molar-refractivity contribution in [3.63, 3.8) is 0 Å². The Hall–Kier alpha value is -0.930. The minimum atomic E-state index is 0.773. The highest BCUT2D eigenvalue weighted by molar-refractivity contribution is 5.02. The zero-order valence-corrected chi connectivity index (χ0v) is 6.67. The van der Waals surface area contributed by atoms with Crippen LogP contribution in [0, 0.1) is 0 Å². The summed E-state index contributed by atoms with van der Waals surface area (Å²) in [6, 6.07) is 5.89. The fraction of sp³-hybridized carbons (Fsp3) is 0.375. The molecule has 0 amide bonds. The highest BCUT2D eigenvalue weighted by Crippen LogP contribution is 1.90. The number of nitrogens with one attached hydrogen (secondary N) is 2. The fourth-order valence-corrected chi connectivity index (χ4v) is 0.781. The van der Waals surface area contributed by atoms with Crippen LogP contribution in [0.15, 0.2) is 24.4 Å². The standard InChI is InChI=1S/C8H13N3/c1-2-10-11-7-8-5-3-4-6-9-8/h3-6,10-11H,2,7H2,1H3. The predicted molar refractivity (Wildman–Crippen MR) is 44.8 cm³/mol. The molecule has 0 saturated carbocycles. The van der Waals surface area contributed by atoms with Gasteiger partial charge >= 0.3 is 0 Å². The van der Waals surface area contributed by atoms with Gasteiger partial charge < -0.3 is 0 Å². The first-order valence-corrected chi connectivity index (χ1v) is 3.79. The van der Waals surface area contributed by atoms with E-state index in [9.17, 15) is 0 Å². The van der Waals surface area contributed by atoms with Gasteiger partial charge in [0.15, 0.2) is 0 Å². The van der Waals surface area contributed by atoms with E-state index in [2.05, 4.69) is 15.8 Å². The lowest BCUT2D eigenvalue weighted by Crippen LogP contribution is -2.30. The van der Waals surface area contributed by atoms with Gasteiger partial charge in [0.2, 0.25) is 0 Å². The first-order chi connectivity index (χ1) is 5.43. The number of hydrogen-bond acceptors (Lipinski definition) is 3. The molecule has 1 aromatic heterocycles. The Balaban J connectivity index is 2.28. The van der Waals surface area contributed by atoms with Crippen molar-refractivity contribution < 1.29 is 0 Å². The maximum absolute atomic E-state index is 4.15. The van der Waals surface area contributed by atoms with Gasteiger partial charge in [-0.3, -0.25) is 15.8 Å². The molecule has 0 atom stereocenters. The molecule has 60 valence electrons. The lowest BCUT2D eigenvalue weighted by atomic mass is 10.4. The van der Waals surface area contributed by atoms with Crippen LogP contribution in [-0.4, -0.2) is 11.5 Å². The molecule has 1 rings (SSSR count). The Labute approximate surface area is 66.8 Å². The number of nitrogens with zero attached hydrogens (tertiary/aromatic N) is 1. The van der Waals surface area contributed by atoms with Crippen LogP contribution in [0.3, 0.4) is 0 Å². The van der Waals surface area contributed by atoms with Gasteiger partial charge in [0.1, 0.15) is 0 Å². The lowest BCUT2D eigenvalue weighted by molar-refractivity contribution is 0.544. The molecule has 0 aromatic carbocycles. The van der Waals surface area contributed by atoms with Crippen LogP contribution in [0.1, 0.15) is 12.6 Å². The summed E-state index contributed by atoms with van der Waals surface area (Å²) in [6.07, 6.45) is 1.79. The summed E-state index contributed by atoms with van der Waals surface area (Å²) in [5.74, 6) is 0. The van der Waals surface area contributed by atoms with E-state index in [1.165, 1.54) is 0 Å². The highest BCUT2D eigenvalue weighted by Gasteiger charge is 1.88. The van der Waals surface area contributed by atoms with E-state index in [-0.39, 0.29) is 0 Å². The van der Waals surface area contributed by atoms with Crippen molar-refractivity contribution in [2.75, 3.05) is 6.54 Å². The number of hydrogen-bond donors (Lipinski definition) is 2. The number of rotatable bonds is 4. The Morgan fingerprint density at radius 3 is 2.91 bits per heavy atom. The van der Waals surface area contributed by atoms with Crippen LogP contribution in [0.2, 0.25) is 0 Å². The molecule has 0 saturated heterocycles. The molecule has 11 heavy (non-hydrogen) atoms. The minimum absolute atomic E-state index is 0.773.